The summed E-state index contributed by atoms with van der Waals surface area (Å²) in [5.74, 6) is -3.78. The second kappa shape index (κ2) is 4.97. The number of amides is 1. The predicted molar refractivity (Wildman–Crippen MR) is 60.3 cm³/mol. The Labute approximate surface area is 102 Å². The number of halogens is 3. The molecule has 1 unspecified atom stereocenters. The summed E-state index contributed by atoms with van der Waals surface area (Å²) < 4.78 is 39.0. The van der Waals surface area contributed by atoms with Gasteiger partial charge in [-0.1, -0.05) is 0 Å². The first-order valence-corrected chi connectivity index (χ1v) is 5.67. The number of hydrogen-bond donors (Lipinski definition) is 2. The van der Waals surface area contributed by atoms with Crippen LogP contribution in [0.15, 0.2) is 12.1 Å². The van der Waals surface area contributed by atoms with Crippen molar-refractivity contribution >= 4 is 11.6 Å². The molecule has 2 rings (SSSR count). The maximum atomic E-state index is 13.3. The second-order valence-electron chi connectivity index (χ2n) is 4.50. The quantitative estimate of drug-likeness (QED) is 0.813. The summed E-state index contributed by atoms with van der Waals surface area (Å²) in [6, 6.07) is 0.867. The van der Waals surface area contributed by atoms with Crippen LogP contribution in [0.4, 0.5) is 18.9 Å². The van der Waals surface area contributed by atoms with Crippen LogP contribution in [0.25, 0.3) is 0 Å². The van der Waals surface area contributed by atoms with Gasteiger partial charge in [0.25, 0.3) is 0 Å². The summed E-state index contributed by atoms with van der Waals surface area (Å²) in [6.45, 7) is 0. The van der Waals surface area contributed by atoms with E-state index in [9.17, 15) is 18.0 Å². The third kappa shape index (κ3) is 3.01. The molecule has 1 aromatic carbocycles. The van der Waals surface area contributed by atoms with Crippen LogP contribution >= 0.6 is 0 Å². The van der Waals surface area contributed by atoms with E-state index in [2.05, 4.69) is 5.32 Å². The van der Waals surface area contributed by atoms with Crippen molar-refractivity contribution in [1.29, 1.82) is 0 Å². The highest BCUT2D eigenvalue weighted by atomic mass is 19.2. The molecule has 3 N–H and O–H groups in total. The van der Waals surface area contributed by atoms with Crippen molar-refractivity contribution in [1.82, 2.24) is 0 Å². The molecule has 0 heterocycles. The summed E-state index contributed by atoms with van der Waals surface area (Å²) in [4.78, 5) is 11.5. The average molecular weight is 258 g/mol. The summed E-state index contributed by atoms with van der Waals surface area (Å²) in [7, 11) is 0. The van der Waals surface area contributed by atoms with E-state index in [4.69, 9.17) is 5.73 Å². The van der Waals surface area contributed by atoms with Crippen LogP contribution in [0.5, 0.6) is 0 Å². The maximum absolute atomic E-state index is 13.3. The van der Waals surface area contributed by atoms with Crippen LogP contribution in [-0.2, 0) is 4.79 Å². The van der Waals surface area contributed by atoms with Gasteiger partial charge in [-0.3, -0.25) is 4.79 Å². The lowest BCUT2D eigenvalue weighted by Gasteiger charge is -2.11. The number of carbonyl (C=O) groups is 1. The minimum absolute atomic E-state index is 0.0161. The maximum Gasteiger partial charge on any atom is 0.226 e. The van der Waals surface area contributed by atoms with E-state index in [1.165, 1.54) is 0 Å². The fourth-order valence-corrected chi connectivity index (χ4v) is 1.75. The van der Waals surface area contributed by atoms with Gasteiger partial charge in [0.15, 0.2) is 11.6 Å². The van der Waals surface area contributed by atoms with Gasteiger partial charge in [0, 0.05) is 24.6 Å². The van der Waals surface area contributed by atoms with Crippen LogP contribution < -0.4 is 11.1 Å². The van der Waals surface area contributed by atoms with Crippen molar-refractivity contribution in [3.8, 4) is 0 Å². The topological polar surface area (TPSA) is 55.1 Å². The summed E-state index contributed by atoms with van der Waals surface area (Å²) in [6.07, 6.45) is 1.98. The first-order valence-electron chi connectivity index (χ1n) is 5.67. The van der Waals surface area contributed by atoms with Gasteiger partial charge in [-0.05, 0) is 18.8 Å². The molecule has 1 aliphatic rings. The van der Waals surface area contributed by atoms with E-state index in [1.54, 1.807) is 0 Å². The van der Waals surface area contributed by atoms with E-state index in [1.807, 2.05) is 0 Å². The highest BCUT2D eigenvalue weighted by Crippen LogP contribution is 2.33. The van der Waals surface area contributed by atoms with Crippen LogP contribution in [0.2, 0.25) is 0 Å². The smallest absolute Gasteiger partial charge is 0.226 e. The first kappa shape index (κ1) is 12.9. The average Bonchev–Trinajstić information content (AvgIpc) is 3.08. The van der Waals surface area contributed by atoms with Crippen molar-refractivity contribution in [3.63, 3.8) is 0 Å². The standard InChI is InChI=1S/C12H13F3N2O/c13-7-3-8(14)12(15)10(4-7)17-11(18)5-9(16)6-1-2-6/h3-4,6,9H,1-2,5,16H2,(H,17,18). The molecule has 1 aliphatic carbocycles. The van der Waals surface area contributed by atoms with E-state index >= 15 is 0 Å². The molecule has 18 heavy (non-hydrogen) atoms. The summed E-state index contributed by atoms with van der Waals surface area (Å²) in [5, 5.41) is 2.13. The largest absolute Gasteiger partial charge is 0.327 e. The lowest BCUT2D eigenvalue weighted by Crippen LogP contribution is -2.29. The Hall–Kier alpha value is -1.56. The molecule has 1 atom stereocenters. The van der Waals surface area contributed by atoms with Crippen LogP contribution in [0.1, 0.15) is 19.3 Å². The van der Waals surface area contributed by atoms with E-state index in [-0.39, 0.29) is 12.5 Å². The first-order chi connectivity index (χ1) is 8.47. The van der Waals surface area contributed by atoms with Crippen molar-refractivity contribution in [3.05, 3.63) is 29.6 Å². The second-order valence-corrected chi connectivity index (χ2v) is 4.50. The Morgan fingerprint density at radius 3 is 2.67 bits per heavy atom. The predicted octanol–water partition coefficient (Wildman–Crippen LogP) is 2.17. The summed E-state index contributed by atoms with van der Waals surface area (Å²) >= 11 is 0. The number of carbonyl (C=O) groups excluding carboxylic acids is 1. The monoisotopic (exact) mass is 258 g/mol. The molecular weight excluding hydrogens is 245 g/mol. The van der Waals surface area contributed by atoms with Gasteiger partial charge in [-0.15, -0.1) is 0 Å². The van der Waals surface area contributed by atoms with Gasteiger partial charge in [0.05, 0.1) is 5.69 Å². The third-order valence-corrected chi connectivity index (χ3v) is 2.92. The van der Waals surface area contributed by atoms with Crippen molar-refractivity contribution in [2.24, 2.45) is 11.7 Å². The molecule has 0 spiro atoms. The molecule has 0 aromatic heterocycles. The van der Waals surface area contributed by atoms with Crippen LogP contribution in [0, 0.1) is 23.4 Å². The molecule has 1 amide bonds. The summed E-state index contributed by atoms with van der Waals surface area (Å²) in [5.41, 5.74) is 5.23. The lowest BCUT2D eigenvalue weighted by atomic mass is 10.1. The highest BCUT2D eigenvalue weighted by Gasteiger charge is 2.30. The minimum Gasteiger partial charge on any atom is -0.327 e. The normalized spacial score (nSPS) is 16.4. The Balaban J connectivity index is 2.02. The number of nitrogens with two attached hydrogens (primary N) is 1. The number of rotatable bonds is 4. The highest BCUT2D eigenvalue weighted by molar-refractivity contribution is 5.91. The van der Waals surface area contributed by atoms with Crippen LogP contribution in [0.3, 0.4) is 0 Å². The Bertz CT molecular complexity index is 475. The number of nitrogens with one attached hydrogen (secondary N) is 1. The SMILES string of the molecule is NC(CC(=O)Nc1cc(F)cc(F)c1F)C1CC1. The van der Waals surface area contributed by atoms with Gasteiger partial charge < -0.3 is 11.1 Å². The van der Waals surface area contributed by atoms with E-state index < -0.39 is 29.0 Å². The molecule has 0 aliphatic heterocycles. The molecule has 0 bridgehead atoms. The molecule has 6 heteroatoms. The van der Waals surface area contributed by atoms with Crippen molar-refractivity contribution < 1.29 is 18.0 Å². The lowest BCUT2D eigenvalue weighted by molar-refractivity contribution is -0.116. The molecule has 98 valence electrons. The molecule has 0 saturated heterocycles. The fourth-order valence-electron chi connectivity index (χ4n) is 1.75. The zero-order valence-corrected chi connectivity index (χ0v) is 9.55. The zero-order chi connectivity index (χ0) is 13.3. The zero-order valence-electron chi connectivity index (χ0n) is 9.55. The van der Waals surface area contributed by atoms with Gasteiger partial charge in [0.1, 0.15) is 5.82 Å². The van der Waals surface area contributed by atoms with Gasteiger partial charge in [-0.2, -0.15) is 0 Å². The molecule has 1 aromatic rings. The molecule has 3 nitrogen and oxygen atoms in total. The van der Waals surface area contributed by atoms with Gasteiger partial charge >= 0.3 is 0 Å². The van der Waals surface area contributed by atoms with Crippen LogP contribution in [-0.4, -0.2) is 11.9 Å². The molecule has 0 radical (unpaired) electrons. The minimum atomic E-state index is -1.34. The fraction of sp³-hybridized carbons (Fsp3) is 0.417. The van der Waals surface area contributed by atoms with Gasteiger partial charge in [0.2, 0.25) is 5.91 Å². The molecule has 1 saturated carbocycles. The Morgan fingerprint density at radius 2 is 2.06 bits per heavy atom. The number of anilines is 1. The molecule has 1 fully saturated rings. The Morgan fingerprint density at radius 1 is 1.39 bits per heavy atom. The molecular formula is C12H13F3N2O. The van der Waals surface area contributed by atoms with E-state index in [0.717, 1.165) is 18.9 Å². The van der Waals surface area contributed by atoms with Gasteiger partial charge in [-0.25, -0.2) is 13.2 Å². The number of benzene rings is 1. The van der Waals surface area contributed by atoms with Crippen molar-refractivity contribution in [2.45, 2.75) is 25.3 Å². The van der Waals surface area contributed by atoms with E-state index in [0.29, 0.717) is 12.0 Å². The number of hydrogen-bond acceptors (Lipinski definition) is 2. The third-order valence-electron chi connectivity index (χ3n) is 2.92. The Kier molecular flexibility index (Phi) is 3.56. The van der Waals surface area contributed by atoms with Crippen molar-refractivity contribution in [2.75, 3.05) is 5.32 Å².